The van der Waals surface area contributed by atoms with Gasteiger partial charge in [-0.3, -0.25) is 0 Å². The van der Waals surface area contributed by atoms with Crippen LogP contribution in [0.1, 0.15) is 30.9 Å². The second-order valence-electron chi connectivity index (χ2n) is 6.60. The van der Waals surface area contributed by atoms with E-state index in [1.807, 2.05) is 31.2 Å². The number of ether oxygens (including phenoxy) is 5. The fraction of sp³-hybridized carbons (Fsp3) is 0.400. The van der Waals surface area contributed by atoms with Gasteiger partial charge in [-0.15, -0.1) is 0 Å². The van der Waals surface area contributed by atoms with Gasteiger partial charge in [0.05, 0.1) is 7.11 Å². The summed E-state index contributed by atoms with van der Waals surface area (Å²) in [6.07, 6.45) is 0. The van der Waals surface area contributed by atoms with Gasteiger partial charge in [-0.1, -0.05) is 19.1 Å². The van der Waals surface area contributed by atoms with Gasteiger partial charge in [0.15, 0.2) is 11.5 Å². The molecular weight excluding hydrogens is 320 g/mol. The molecule has 0 fully saturated rings. The van der Waals surface area contributed by atoms with Crippen molar-refractivity contribution in [2.45, 2.75) is 25.6 Å². The van der Waals surface area contributed by atoms with E-state index in [0.29, 0.717) is 5.75 Å². The Bertz CT molecular complexity index is 785. The summed E-state index contributed by atoms with van der Waals surface area (Å²) in [5.41, 5.74) is 2.26. The third kappa shape index (κ3) is 2.50. The van der Waals surface area contributed by atoms with E-state index in [-0.39, 0.29) is 18.6 Å². The minimum absolute atomic E-state index is 0.0961. The van der Waals surface area contributed by atoms with E-state index in [9.17, 15) is 0 Å². The van der Waals surface area contributed by atoms with Crippen LogP contribution >= 0.6 is 0 Å². The van der Waals surface area contributed by atoms with E-state index in [4.69, 9.17) is 23.7 Å². The number of rotatable bonds is 3. The Morgan fingerprint density at radius 3 is 2.32 bits per heavy atom. The molecule has 5 nitrogen and oxygen atoms in total. The van der Waals surface area contributed by atoms with Gasteiger partial charge in [0, 0.05) is 37.5 Å². The molecule has 0 radical (unpaired) electrons. The summed E-state index contributed by atoms with van der Waals surface area (Å²) in [5.74, 6) is 2.55. The number of hydrogen-bond donors (Lipinski definition) is 0. The smallest absolute Gasteiger partial charge is 0.231 e. The van der Waals surface area contributed by atoms with E-state index in [2.05, 4.69) is 19.1 Å². The lowest BCUT2D eigenvalue weighted by Gasteiger charge is -2.44. The van der Waals surface area contributed by atoms with Gasteiger partial charge in [-0.2, -0.15) is 0 Å². The van der Waals surface area contributed by atoms with Gasteiger partial charge in [0.1, 0.15) is 11.5 Å². The highest BCUT2D eigenvalue weighted by Gasteiger charge is 2.46. The summed E-state index contributed by atoms with van der Waals surface area (Å²) in [7, 11) is 3.35. The number of benzene rings is 2. The molecule has 1 unspecified atom stereocenters. The van der Waals surface area contributed by atoms with Gasteiger partial charge >= 0.3 is 0 Å². The second-order valence-corrected chi connectivity index (χ2v) is 6.60. The lowest BCUT2D eigenvalue weighted by Crippen LogP contribution is -2.47. The Balaban J connectivity index is 1.86. The van der Waals surface area contributed by atoms with Crippen molar-refractivity contribution in [2.75, 3.05) is 21.0 Å². The predicted octanol–water partition coefficient (Wildman–Crippen LogP) is 3.95. The molecule has 0 bridgehead atoms. The number of methoxy groups -OCH3 is 2. The molecule has 2 heterocycles. The highest BCUT2D eigenvalue weighted by Crippen LogP contribution is 2.52. The molecule has 0 saturated carbocycles. The van der Waals surface area contributed by atoms with Crippen LogP contribution in [0.3, 0.4) is 0 Å². The molecule has 25 heavy (non-hydrogen) atoms. The molecule has 2 aliphatic rings. The van der Waals surface area contributed by atoms with Gasteiger partial charge in [0.2, 0.25) is 12.6 Å². The summed E-state index contributed by atoms with van der Waals surface area (Å²) in [5, 5.41) is 0. The molecule has 4 rings (SSSR count). The maximum absolute atomic E-state index is 6.22. The largest absolute Gasteiger partial charge is 0.497 e. The highest BCUT2D eigenvalue weighted by molar-refractivity contribution is 5.56. The Kier molecular flexibility index (Phi) is 3.76. The molecule has 5 heteroatoms. The van der Waals surface area contributed by atoms with Gasteiger partial charge in [0.25, 0.3) is 0 Å². The Morgan fingerprint density at radius 1 is 1.00 bits per heavy atom. The molecule has 0 aliphatic carbocycles. The predicted molar refractivity (Wildman–Crippen MR) is 92.6 cm³/mol. The van der Waals surface area contributed by atoms with E-state index in [0.717, 1.165) is 22.8 Å². The summed E-state index contributed by atoms with van der Waals surface area (Å²) < 4.78 is 28.3. The van der Waals surface area contributed by atoms with Crippen LogP contribution in [0, 0.1) is 5.92 Å². The van der Waals surface area contributed by atoms with E-state index in [1.54, 1.807) is 14.2 Å². The Labute approximate surface area is 147 Å². The molecule has 0 aromatic heterocycles. The molecular formula is C20H22O5. The molecule has 0 spiro atoms. The lowest BCUT2D eigenvalue weighted by atomic mass is 9.75. The van der Waals surface area contributed by atoms with Crippen LogP contribution in [0.4, 0.5) is 0 Å². The molecule has 3 atom stereocenters. The average molecular weight is 342 g/mol. The van der Waals surface area contributed by atoms with Gasteiger partial charge in [-0.05, 0) is 23.8 Å². The maximum Gasteiger partial charge on any atom is 0.231 e. The van der Waals surface area contributed by atoms with Gasteiger partial charge in [-0.25, -0.2) is 0 Å². The normalized spacial score (nSPS) is 26.7. The second kappa shape index (κ2) is 5.85. The Hall–Kier alpha value is -2.40. The average Bonchev–Trinajstić information content (AvgIpc) is 3.09. The zero-order chi connectivity index (χ0) is 17.6. The highest BCUT2D eigenvalue weighted by atomic mass is 16.7. The molecule has 2 aromatic carbocycles. The fourth-order valence-corrected chi connectivity index (χ4v) is 3.66. The van der Waals surface area contributed by atoms with Crippen molar-refractivity contribution < 1.29 is 23.7 Å². The molecule has 2 aliphatic heterocycles. The molecule has 0 amide bonds. The summed E-state index contributed by atoms with van der Waals surface area (Å²) in [6, 6.07) is 12.1. The third-order valence-electron chi connectivity index (χ3n) is 5.36. The quantitative estimate of drug-likeness (QED) is 0.845. The van der Waals surface area contributed by atoms with E-state index < -0.39 is 5.79 Å². The van der Waals surface area contributed by atoms with Crippen LogP contribution in [0.15, 0.2) is 36.4 Å². The summed E-state index contributed by atoms with van der Waals surface area (Å²) >= 11 is 0. The first kappa shape index (κ1) is 16.1. The summed E-state index contributed by atoms with van der Waals surface area (Å²) in [6.45, 7) is 4.36. The maximum atomic E-state index is 6.22. The first-order valence-corrected chi connectivity index (χ1v) is 8.37. The topological polar surface area (TPSA) is 46.2 Å². The van der Waals surface area contributed by atoms with Gasteiger partial charge < -0.3 is 23.7 Å². The van der Waals surface area contributed by atoms with E-state index in [1.165, 1.54) is 5.56 Å². The van der Waals surface area contributed by atoms with E-state index >= 15 is 0 Å². The minimum Gasteiger partial charge on any atom is -0.497 e. The standard InChI is InChI=1S/C20H22O5/c1-12-19(13-5-7-14(21-3)8-6-13)15-9-17-18(24-11-23-17)10-16(15)25-20(12,2)22-4/h5-10,12,19H,11H2,1-4H3/t12-,19+,20?/m0/s1. The van der Waals surface area contributed by atoms with Crippen molar-refractivity contribution in [1.82, 2.24) is 0 Å². The van der Waals surface area contributed by atoms with Crippen LogP contribution in [0.2, 0.25) is 0 Å². The zero-order valence-electron chi connectivity index (χ0n) is 14.9. The third-order valence-corrected chi connectivity index (χ3v) is 5.36. The fourth-order valence-electron chi connectivity index (χ4n) is 3.66. The van der Waals surface area contributed by atoms with Crippen molar-refractivity contribution in [2.24, 2.45) is 5.92 Å². The zero-order valence-corrected chi connectivity index (χ0v) is 14.9. The molecule has 132 valence electrons. The lowest BCUT2D eigenvalue weighted by molar-refractivity contribution is -0.194. The SMILES string of the molecule is COc1ccc([C@@H]2c3cc4c(cc3OC(C)(OC)[C@H]2C)OCO4)cc1. The first-order chi connectivity index (χ1) is 12.1. The van der Waals surface area contributed by atoms with Crippen molar-refractivity contribution in [3.63, 3.8) is 0 Å². The number of hydrogen-bond acceptors (Lipinski definition) is 5. The van der Waals surface area contributed by atoms with Crippen molar-refractivity contribution in [3.8, 4) is 23.0 Å². The van der Waals surface area contributed by atoms with Crippen LogP contribution < -0.4 is 18.9 Å². The van der Waals surface area contributed by atoms with Crippen LogP contribution in [0.5, 0.6) is 23.0 Å². The van der Waals surface area contributed by atoms with Crippen LogP contribution in [-0.4, -0.2) is 26.8 Å². The first-order valence-electron chi connectivity index (χ1n) is 8.37. The van der Waals surface area contributed by atoms with Crippen LogP contribution in [-0.2, 0) is 4.74 Å². The summed E-state index contributed by atoms with van der Waals surface area (Å²) in [4.78, 5) is 0. The van der Waals surface area contributed by atoms with Crippen molar-refractivity contribution in [3.05, 3.63) is 47.5 Å². The minimum atomic E-state index is -0.731. The van der Waals surface area contributed by atoms with Crippen molar-refractivity contribution >= 4 is 0 Å². The monoisotopic (exact) mass is 342 g/mol. The molecule has 0 N–H and O–H groups in total. The van der Waals surface area contributed by atoms with Crippen molar-refractivity contribution in [1.29, 1.82) is 0 Å². The molecule has 0 saturated heterocycles. The molecule has 2 aromatic rings. The van der Waals surface area contributed by atoms with Crippen LogP contribution in [0.25, 0.3) is 0 Å². The Morgan fingerprint density at radius 2 is 1.68 bits per heavy atom. The number of fused-ring (bicyclic) bond motifs is 2.